The van der Waals surface area contributed by atoms with Crippen LogP contribution in [0.2, 0.25) is 0 Å². The number of carbonyl (C=O) groups is 1. The Bertz CT molecular complexity index is 491. The second-order valence-corrected chi connectivity index (χ2v) is 5.52. The lowest BCUT2D eigenvalue weighted by atomic mass is 10.1. The van der Waals surface area contributed by atoms with E-state index in [1.807, 2.05) is 32.0 Å². The molecule has 1 atom stereocenters. The van der Waals surface area contributed by atoms with Crippen LogP contribution in [0, 0.1) is 6.92 Å². The number of ether oxygens (including phenoxy) is 2. The van der Waals surface area contributed by atoms with E-state index in [2.05, 4.69) is 10.6 Å². The van der Waals surface area contributed by atoms with Gasteiger partial charge in [0, 0.05) is 18.7 Å². The van der Waals surface area contributed by atoms with Crippen molar-refractivity contribution >= 4 is 18.3 Å². The number of hydrogen-bond donors (Lipinski definition) is 2. The van der Waals surface area contributed by atoms with E-state index in [0.717, 1.165) is 36.3 Å². The van der Waals surface area contributed by atoms with Gasteiger partial charge in [-0.15, -0.1) is 12.4 Å². The highest BCUT2D eigenvalue weighted by atomic mass is 35.5. The van der Waals surface area contributed by atoms with Gasteiger partial charge in [0.1, 0.15) is 12.4 Å². The maximum Gasteiger partial charge on any atom is 0.237 e. The van der Waals surface area contributed by atoms with Gasteiger partial charge in [-0.2, -0.15) is 0 Å². The summed E-state index contributed by atoms with van der Waals surface area (Å²) in [7, 11) is 0. The Hall–Kier alpha value is -1.30. The molecule has 6 heteroatoms. The van der Waals surface area contributed by atoms with Gasteiger partial charge in [0.05, 0.1) is 12.6 Å². The number of rotatable bonds is 8. The average Bonchev–Trinajstić information content (AvgIpc) is 3.05. The van der Waals surface area contributed by atoms with Crippen LogP contribution >= 0.6 is 12.4 Å². The number of amides is 1. The Morgan fingerprint density at radius 2 is 2.22 bits per heavy atom. The van der Waals surface area contributed by atoms with Crippen molar-refractivity contribution < 1.29 is 14.3 Å². The lowest BCUT2D eigenvalue weighted by Crippen LogP contribution is -2.40. The zero-order valence-corrected chi connectivity index (χ0v) is 14.7. The maximum absolute atomic E-state index is 12.1. The van der Waals surface area contributed by atoms with Gasteiger partial charge in [-0.05, 0) is 44.9 Å². The van der Waals surface area contributed by atoms with E-state index in [4.69, 9.17) is 9.47 Å². The average molecular weight is 343 g/mol. The highest BCUT2D eigenvalue weighted by molar-refractivity contribution is 5.85. The molecule has 1 unspecified atom stereocenters. The summed E-state index contributed by atoms with van der Waals surface area (Å²) >= 11 is 0. The third-order valence-electron chi connectivity index (χ3n) is 3.74. The molecule has 0 spiro atoms. The minimum atomic E-state index is -0.0484. The first-order chi connectivity index (χ1) is 10.7. The van der Waals surface area contributed by atoms with Gasteiger partial charge in [-0.1, -0.05) is 12.1 Å². The maximum atomic E-state index is 12.1. The molecule has 1 aliphatic heterocycles. The van der Waals surface area contributed by atoms with E-state index in [1.165, 1.54) is 0 Å². The first-order valence-electron chi connectivity index (χ1n) is 8.02. The topological polar surface area (TPSA) is 59.6 Å². The second-order valence-electron chi connectivity index (χ2n) is 5.52. The van der Waals surface area contributed by atoms with Crippen LogP contribution in [0.5, 0.6) is 5.75 Å². The number of benzene rings is 1. The van der Waals surface area contributed by atoms with Crippen molar-refractivity contribution in [2.75, 3.05) is 26.4 Å². The van der Waals surface area contributed by atoms with Gasteiger partial charge in [-0.25, -0.2) is 0 Å². The number of nitrogens with one attached hydrogen (secondary N) is 2. The van der Waals surface area contributed by atoms with Gasteiger partial charge in [0.2, 0.25) is 5.91 Å². The van der Waals surface area contributed by atoms with E-state index in [0.29, 0.717) is 26.4 Å². The SMILES string of the molecule is CCOCCOc1cc(C)ccc1CNC(=O)C1CCCN1.Cl. The molecule has 0 saturated carbocycles. The van der Waals surface area contributed by atoms with Crippen molar-refractivity contribution in [1.29, 1.82) is 0 Å². The van der Waals surface area contributed by atoms with Crippen LogP contribution in [0.15, 0.2) is 18.2 Å². The van der Waals surface area contributed by atoms with E-state index >= 15 is 0 Å². The van der Waals surface area contributed by atoms with Crippen molar-refractivity contribution in [1.82, 2.24) is 10.6 Å². The molecule has 1 amide bonds. The quantitative estimate of drug-likeness (QED) is 0.711. The minimum Gasteiger partial charge on any atom is -0.491 e. The normalized spacial score (nSPS) is 16.7. The van der Waals surface area contributed by atoms with Gasteiger partial charge < -0.3 is 20.1 Å². The zero-order chi connectivity index (χ0) is 15.8. The summed E-state index contributed by atoms with van der Waals surface area (Å²) < 4.78 is 11.1. The summed E-state index contributed by atoms with van der Waals surface area (Å²) in [4.78, 5) is 12.1. The van der Waals surface area contributed by atoms with Crippen molar-refractivity contribution in [3.05, 3.63) is 29.3 Å². The number of aryl methyl sites for hydroxylation is 1. The van der Waals surface area contributed by atoms with Gasteiger partial charge in [0.15, 0.2) is 0 Å². The molecule has 5 nitrogen and oxygen atoms in total. The molecule has 0 radical (unpaired) electrons. The lowest BCUT2D eigenvalue weighted by molar-refractivity contribution is -0.122. The fourth-order valence-corrected chi connectivity index (χ4v) is 2.51. The Balaban J connectivity index is 0.00000264. The first kappa shape index (κ1) is 19.7. The molecule has 1 aromatic rings. The summed E-state index contributed by atoms with van der Waals surface area (Å²) in [6.45, 7) is 7.18. The summed E-state index contributed by atoms with van der Waals surface area (Å²) in [5, 5.41) is 6.19. The lowest BCUT2D eigenvalue weighted by Gasteiger charge is -2.15. The highest BCUT2D eigenvalue weighted by Gasteiger charge is 2.21. The fraction of sp³-hybridized carbons (Fsp3) is 0.588. The molecule has 0 aliphatic carbocycles. The summed E-state index contributed by atoms with van der Waals surface area (Å²) in [6.07, 6.45) is 1.98. The Labute approximate surface area is 144 Å². The molecular formula is C17H27ClN2O3. The van der Waals surface area contributed by atoms with Crippen LogP contribution in [0.25, 0.3) is 0 Å². The van der Waals surface area contributed by atoms with E-state index in [1.54, 1.807) is 0 Å². The number of hydrogen-bond acceptors (Lipinski definition) is 4. The van der Waals surface area contributed by atoms with Crippen molar-refractivity contribution in [2.45, 2.75) is 39.3 Å². The molecule has 1 fully saturated rings. The molecular weight excluding hydrogens is 316 g/mol. The van der Waals surface area contributed by atoms with Gasteiger partial charge in [-0.3, -0.25) is 4.79 Å². The standard InChI is InChI=1S/C17H26N2O3.ClH/c1-3-21-9-10-22-16-11-13(2)6-7-14(16)12-19-17(20)15-5-4-8-18-15;/h6-7,11,15,18H,3-5,8-10,12H2,1-2H3,(H,19,20);1H. The van der Waals surface area contributed by atoms with Crippen LogP contribution < -0.4 is 15.4 Å². The van der Waals surface area contributed by atoms with Gasteiger partial charge in [0.25, 0.3) is 0 Å². The molecule has 130 valence electrons. The third-order valence-corrected chi connectivity index (χ3v) is 3.74. The molecule has 2 rings (SSSR count). The van der Waals surface area contributed by atoms with E-state index < -0.39 is 0 Å². The van der Waals surface area contributed by atoms with Crippen molar-refractivity contribution in [3.63, 3.8) is 0 Å². The molecule has 23 heavy (non-hydrogen) atoms. The second kappa shape index (κ2) is 10.5. The monoisotopic (exact) mass is 342 g/mol. The van der Waals surface area contributed by atoms with Gasteiger partial charge >= 0.3 is 0 Å². The first-order valence-corrected chi connectivity index (χ1v) is 8.02. The number of carbonyl (C=O) groups excluding carboxylic acids is 1. The molecule has 1 heterocycles. The van der Waals surface area contributed by atoms with Crippen molar-refractivity contribution in [2.24, 2.45) is 0 Å². The largest absolute Gasteiger partial charge is 0.491 e. The summed E-state index contributed by atoms with van der Waals surface area (Å²) in [5.74, 6) is 0.887. The van der Waals surface area contributed by atoms with Crippen LogP contribution in [-0.4, -0.2) is 38.3 Å². The molecule has 1 saturated heterocycles. The smallest absolute Gasteiger partial charge is 0.237 e. The summed E-state index contributed by atoms with van der Waals surface area (Å²) in [6, 6.07) is 5.99. The third kappa shape index (κ3) is 6.37. The minimum absolute atomic E-state index is 0. The Morgan fingerprint density at radius 1 is 1.39 bits per heavy atom. The Morgan fingerprint density at radius 3 is 2.91 bits per heavy atom. The zero-order valence-electron chi connectivity index (χ0n) is 13.9. The highest BCUT2D eigenvalue weighted by Crippen LogP contribution is 2.20. The predicted molar refractivity (Wildman–Crippen MR) is 93.3 cm³/mol. The molecule has 0 bridgehead atoms. The molecule has 1 aromatic carbocycles. The van der Waals surface area contributed by atoms with Crippen LogP contribution in [0.1, 0.15) is 30.9 Å². The number of halogens is 1. The van der Waals surface area contributed by atoms with E-state index in [-0.39, 0.29) is 24.4 Å². The Kier molecular flexibility index (Phi) is 8.99. The van der Waals surface area contributed by atoms with Crippen LogP contribution in [0.3, 0.4) is 0 Å². The van der Waals surface area contributed by atoms with Crippen LogP contribution in [0.4, 0.5) is 0 Å². The predicted octanol–water partition coefficient (Wildman–Crippen LogP) is 2.20. The fourth-order valence-electron chi connectivity index (χ4n) is 2.51. The molecule has 1 aliphatic rings. The van der Waals surface area contributed by atoms with Crippen LogP contribution in [-0.2, 0) is 16.1 Å². The van der Waals surface area contributed by atoms with E-state index in [9.17, 15) is 4.79 Å². The van der Waals surface area contributed by atoms with Crippen molar-refractivity contribution in [3.8, 4) is 5.75 Å². The molecule has 2 N–H and O–H groups in total. The summed E-state index contributed by atoms with van der Waals surface area (Å²) in [5.41, 5.74) is 2.13. The molecule has 0 aromatic heterocycles.